The van der Waals surface area contributed by atoms with Crippen LogP contribution in [-0.2, 0) is 9.53 Å². The Morgan fingerprint density at radius 1 is 1.17 bits per heavy atom. The Kier molecular flexibility index (Phi) is 6.37. The normalized spacial score (nSPS) is 11.5. The molecule has 126 valence electrons. The van der Waals surface area contributed by atoms with Crippen LogP contribution in [0.1, 0.15) is 24.2 Å². The topological polar surface area (TPSA) is 64.6 Å². The van der Waals surface area contributed by atoms with Gasteiger partial charge >= 0.3 is 5.97 Å². The molecule has 0 spiro atoms. The van der Waals surface area contributed by atoms with E-state index in [4.69, 9.17) is 9.47 Å². The van der Waals surface area contributed by atoms with E-state index < -0.39 is 12.1 Å². The van der Waals surface area contributed by atoms with E-state index in [0.29, 0.717) is 23.6 Å². The van der Waals surface area contributed by atoms with Crippen LogP contribution in [0, 0.1) is 0 Å². The van der Waals surface area contributed by atoms with Crippen LogP contribution in [0.3, 0.4) is 0 Å². The first-order valence-electron chi connectivity index (χ1n) is 7.50. The lowest BCUT2D eigenvalue weighted by Gasteiger charge is -2.15. The molecule has 0 radical (unpaired) electrons. The molecule has 0 heterocycles. The molecule has 0 fully saturated rings. The molecular weight excluding hydrogens is 374 g/mol. The molecule has 2 aromatic carbocycles. The minimum Gasteiger partial charge on any atom is -0.481 e. The molecule has 1 N–H and O–H groups in total. The summed E-state index contributed by atoms with van der Waals surface area (Å²) in [7, 11) is 0. The first-order valence-corrected chi connectivity index (χ1v) is 8.29. The molecule has 0 aliphatic carbocycles. The number of ether oxygens (including phenoxy) is 2. The third-order valence-electron chi connectivity index (χ3n) is 3.14. The number of benzene rings is 2. The highest BCUT2D eigenvalue weighted by molar-refractivity contribution is 9.10. The van der Waals surface area contributed by atoms with E-state index in [0.717, 1.165) is 4.47 Å². The van der Waals surface area contributed by atoms with Gasteiger partial charge in [-0.05, 0) is 56.3 Å². The smallest absolute Gasteiger partial charge is 0.338 e. The molecule has 2 rings (SSSR count). The van der Waals surface area contributed by atoms with Gasteiger partial charge in [0.1, 0.15) is 5.75 Å². The molecule has 0 aromatic heterocycles. The number of rotatable bonds is 6. The molecule has 5 nitrogen and oxygen atoms in total. The van der Waals surface area contributed by atoms with Gasteiger partial charge in [0.05, 0.1) is 12.2 Å². The van der Waals surface area contributed by atoms with E-state index in [1.165, 1.54) is 0 Å². The SMILES string of the molecule is CCOC(=O)c1cccc(NC(=O)[C@H](C)Oc2ccc(Br)cc2)c1. The van der Waals surface area contributed by atoms with Crippen LogP contribution >= 0.6 is 15.9 Å². The Balaban J connectivity index is 1.99. The largest absolute Gasteiger partial charge is 0.481 e. The van der Waals surface area contributed by atoms with Crippen molar-refractivity contribution in [2.45, 2.75) is 20.0 Å². The van der Waals surface area contributed by atoms with Gasteiger partial charge in [0.15, 0.2) is 6.10 Å². The number of carbonyl (C=O) groups excluding carboxylic acids is 2. The van der Waals surface area contributed by atoms with Crippen molar-refractivity contribution in [2.24, 2.45) is 0 Å². The Morgan fingerprint density at radius 2 is 1.88 bits per heavy atom. The van der Waals surface area contributed by atoms with Crippen molar-refractivity contribution < 1.29 is 19.1 Å². The van der Waals surface area contributed by atoms with Crippen LogP contribution in [0.15, 0.2) is 53.0 Å². The zero-order valence-corrected chi connectivity index (χ0v) is 15.0. The van der Waals surface area contributed by atoms with Crippen molar-refractivity contribution in [3.05, 3.63) is 58.6 Å². The first-order chi connectivity index (χ1) is 11.5. The Bertz CT molecular complexity index is 715. The van der Waals surface area contributed by atoms with Gasteiger partial charge in [-0.3, -0.25) is 4.79 Å². The zero-order chi connectivity index (χ0) is 17.5. The van der Waals surface area contributed by atoms with Gasteiger partial charge in [0, 0.05) is 10.2 Å². The van der Waals surface area contributed by atoms with E-state index in [9.17, 15) is 9.59 Å². The molecule has 0 unspecified atom stereocenters. The van der Waals surface area contributed by atoms with Crippen molar-refractivity contribution in [3.8, 4) is 5.75 Å². The van der Waals surface area contributed by atoms with Gasteiger partial charge in [-0.2, -0.15) is 0 Å². The second-order valence-electron chi connectivity index (χ2n) is 5.00. The fourth-order valence-corrected chi connectivity index (χ4v) is 2.22. The van der Waals surface area contributed by atoms with Crippen molar-refractivity contribution in [1.29, 1.82) is 0 Å². The number of carbonyl (C=O) groups is 2. The summed E-state index contributed by atoms with van der Waals surface area (Å²) < 4.78 is 11.5. The second kappa shape index (κ2) is 8.49. The number of hydrogen-bond donors (Lipinski definition) is 1. The van der Waals surface area contributed by atoms with Crippen LogP contribution in [-0.4, -0.2) is 24.6 Å². The van der Waals surface area contributed by atoms with Crippen molar-refractivity contribution in [1.82, 2.24) is 0 Å². The molecule has 2 aromatic rings. The average Bonchev–Trinajstić information content (AvgIpc) is 2.57. The molecule has 0 saturated carbocycles. The van der Waals surface area contributed by atoms with Crippen LogP contribution in [0.2, 0.25) is 0 Å². The lowest BCUT2D eigenvalue weighted by atomic mass is 10.2. The molecule has 0 aliphatic heterocycles. The van der Waals surface area contributed by atoms with Gasteiger partial charge in [-0.25, -0.2) is 4.79 Å². The van der Waals surface area contributed by atoms with E-state index >= 15 is 0 Å². The summed E-state index contributed by atoms with van der Waals surface area (Å²) in [5, 5.41) is 2.73. The maximum atomic E-state index is 12.2. The van der Waals surface area contributed by atoms with Crippen LogP contribution in [0.4, 0.5) is 5.69 Å². The van der Waals surface area contributed by atoms with Crippen molar-refractivity contribution in [3.63, 3.8) is 0 Å². The molecule has 1 atom stereocenters. The molecule has 0 bridgehead atoms. The molecule has 0 aliphatic rings. The summed E-state index contributed by atoms with van der Waals surface area (Å²) in [6.45, 7) is 3.70. The third-order valence-corrected chi connectivity index (χ3v) is 3.67. The second-order valence-corrected chi connectivity index (χ2v) is 5.92. The van der Waals surface area contributed by atoms with E-state index in [2.05, 4.69) is 21.2 Å². The van der Waals surface area contributed by atoms with Gasteiger partial charge in [0.2, 0.25) is 0 Å². The van der Waals surface area contributed by atoms with Crippen molar-refractivity contribution >= 4 is 33.5 Å². The molecule has 24 heavy (non-hydrogen) atoms. The predicted molar refractivity (Wildman–Crippen MR) is 95.3 cm³/mol. The average molecular weight is 392 g/mol. The number of esters is 1. The monoisotopic (exact) mass is 391 g/mol. The lowest BCUT2D eigenvalue weighted by Crippen LogP contribution is -2.30. The molecule has 6 heteroatoms. The predicted octanol–water partition coefficient (Wildman–Crippen LogP) is 4.03. The summed E-state index contributed by atoms with van der Waals surface area (Å²) in [5.41, 5.74) is 0.896. The Morgan fingerprint density at radius 3 is 2.54 bits per heavy atom. The van der Waals surface area contributed by atoms with E-state index in [1.54, 1.807) is 50.2 Å². The van der Waals surface area contributed by atoms with E-state index in [1.807, 2.05) is 12.1 Å². The van der Waals surface area contributed by atoms with Crippen LogP contribution in [0.5, 0.6) is 5.75 Å². The van der Waals surface area contributed by atoms with Gasteiger partial charge in [-0.15, -0.1) is 0 Å². The standard InChI is InChI=1S/C18H18BrNO4/c1-3-23-18(22)13-5-4-6-15(11-13)20-17(21)12(2)24-16-9-7-14(19)8-10-16/h4-12H,3H2,1-2H3,(H,20,21)/t12-/m0/s1. The summed E-state index contributed by atoms with van der Waals surface area (Å²) in [5.74, 6) is -0.132. The minimum absolute atomic E-state index is 0.299. The zero-order valence-electron chi connectivity index (χ0n) is 13.4. The lowest BCUT2D eigenvalue weighted by molar-refractivity contribution is -0.122. The molecule has 0 saturated heterocycles. The number of hydrogen-bond acceptors (Lipinski definition) is 4. The number of anilines is 1. The van der Waals surface area contributed by atoms with E-state index in [-0.39, 0.29) is 5.91 Å². The molecular formula is C18H18BrNO4. The summed E-state index contributed by atoms with van der Waals surface area (Å²) in [6.07, 6.45) is -0.683. The number of nitrogens with one attached hydrogen (secondary N) is 1. The van der Waals surface area contributed by atoms with Crippen LogP contribution in [0.25, 0.3) is 0 Å². The highest BCUT2D eigenvalue weighted by Gasteiger charge is 2.16. The highest BCUT2D eigenvalue weighted by Crippen LogP contribution is 2.18. The fourth-order valence-electron chi connectivity index (χ4n) is 1.95. The van der Waals surface area contributed by atoms with Crippen molar-refractivity contribution in [2.75, 3.05) is 11.9 Å². The quantitative estimate of drug-likeness (QED) is 0.754. The summed E-state index contributed by atoms with van der Waals surface area (Å²) >= 11 is 3.34. The fraction of sp³-hybridized carbons (Fsp3) is 0.222. The summed E-state index contributed by atoms with van der Waals surface area (Å²) in [4.78, 5) is 24.0. The third kappa shape index (κ3) is 5.09. The first kappa shape index (κ1) is 18.0. The minimum atomic E-state index is -0.683. The number of halogens is 1. The number of amides is 1. The van der Waals surface area contributed by atoms with Gasteiger partial charge in [-0.1, -0.05) is 22.0 Å². The summed E-state index contributed by atoms with van der Waals surface area (Å²) in [6, 6.07) is 13.8. The van der Waals surface area contributed by atoms with Crippen LogP contribution < -0.4 is 10.1 Å². The van der Waals surface area contributed by atoms with Gasteiger partial charge in [0.25, 0.3) is 5.91 Å². The van der Waals surface area contributed by atoms with Gasteiger partial charge < -0.3 is 14.8 Å². The highest BCUT2D eigenvalue weighted by atomic mass is 79.9. The molecule has 1 amide bonds. The maximum absolute atomic E-state index is 12.2. The Hall–Kier alpha value is -2.34. The maximum Gasteiger partial charge on any atom is 0.338 e. The Labute approximate surface area is 149 Å².